The van der Waals surface area contributed by atoms with Crippen molar-refractivity contribution < 1.29 is 14.3 Å². The molecule has 0 aromatic rings. The van der Waals surface area contributed by atoms with Crippen molar-refractivity contribution in [3.05, 3.63) is 0 Å². The van der Waals surface area contributed by atoms with E-state index in [0.717, 1.165) is 52.0 Å². The van der Waals surface area contributed by atoms with E-state index in [9.17, 15) is 4.79 Å². The van der Waals surface area contributed by atoms with Gasteiger partial charge in [0.05, 0.1) is 13.2 Å². The number of rotatable bonds is 4. The van der Waals surface area contributed by atoms with Gasteiger partial charge in [-0.2, -0.15) is 0 Å². The molecule has 0 radical (unpaired) electrons. The largest absolute Gasteiger partial charge is 0.465 e. The maximum atomic E-state index is 12.3. The highest BCUT2D eigenvalue weighted by molar-refractivity contribution is 5.76. The summed E-state index contributed by atoms with van der Waals surface area (Å²) >= 11 is 0. The molecule has 2 rings (SSSR count). The van der Waals surface area contributed by atoms with Gasteiger partial charge in [0, 0.05) is 32.2 Å². The summed E-state index contributed by atoms with van der Waals surface area (Å²) in [5.41, 5.74) is 0. The van der Waals surface area contributed by atoms with E-state index in [2.05, 4.69) is 10.2 Å². The molecule has 2 aliphatic heterocycles. The Morgan fingerprint density at radius 1 is 1.42 bits per heavy atom. The third kappa shape index (κ3) is 4.16. The topological polar surface area (TPSA) is 50.8 Å². The minimum atomic E-state index is -0.125. The van der Waals surface area contributed by atoms with E-state index in [0.29, 0.717) is 13.2 Å². The molecule has 1 N–H and O–H groups in total. The van der Waals surface area contributed by atoms with Crippen molar-refractivity contribution in [2.75, 3.05) is 46.0 Å². The van der Waals surface area contributed by atoms with Crippen LogP contribution in [0.4, 0.5) is 0 Å². The average molecular weight is 270 g/mol. The Kier molecular flexibility index (Phi) is 6.07. The molecule has 110 valence electrons. The fraction of sp³-hybridized carbons (Fsp3) is 0.929. The van der Waals surface area contributed by atoms with E-state index in [-0.39, 0.29) is 17.9 Å². The number of carbonyl (C=O) groups excluding carboxylic acids is 1. The van der Waals surface area contributed by atoms with Crippen molar-refractivity contribution in [3.8, 4) is 0 Å². The zero-order valence-corrected chi connectivity index (χ0v) is 11.9. The number of nitrogens with one attached hydrogen (secondary N) is 1. The van der Waals surface area contributed by atoms with Gasteiger partial charge in [0.25, 0.3) is 0 Å². The molecular weight excluding hydrogens is 244 g/mol. The molecule has 2 heterocycles. The number of hydrogen-bond donors (Lipinski definition) is 1. The number of hydrogen-bond acceptors (Lipinski definition) is 5. The molecule has 2 atom stereocenters. The van der Waals surface area contributed by atoms with Crippen LogP contribution in [0.25, 0.3) is 0 Å². The van der Waals surface area contributed by atoms with Crippen LogP contribution in [0.1, 0.15) is 26.2 Å². The van der Waals surface area contributed by atoms with Crippen LogP contribution in [0.3, 0.4) is 0 Å². The second-order valence-electron chi connectivity index (χ2n) is 5.31. The first-order chi connectivity index (χ1) is 9.33. The summed E-state index contributed by atoms with van der Waals surface area (Å²) in [5.74, 6) is 0.214. The zero-order valence-electron chi connectivity index (χ0n) is 11.9. The van der Waals surface area contributed by atoms with Crippen LogP contribution in [-0.4, -0.2) is 62.9 Å². The molecule has 19 heavy (non-hydrogen) atoms. The van der Waals surface area contributed by atoms with Crippen LogP contribution in [0.15, 0.2) is 0 Å². The van der Waals surface area contributed by atoms with Gasteiger partial charge in [0.15, 0.2) is 0 Å². The molecular formula is C14H26N2O3. The minimum Gasteiger partial charge on any atom is -0.465 e. The van der Waals surface area contributed by atoms with Gasteiger partial charge >= 0.3 is 5.97 Å². The molecule has 0 aromatic heterocycles. The third-order valence-electron chi connectivity index (χ3n) is 3.94. The van der Waals surface area contributed by atoms with Crippen LogP contribution in [0.5, 0.6) is 0 Å². The Morgan fingerprint density at radius 2 is 2.32 bits per heavy atom. The first kappa shape index (κ1) is 14.8. The molecule has 0 aliphatic carbocycles. The predicted molar refractivity (Wildman–Crippen MR) is 73.0 cm³/mol. The van der Waals surface area contributed by atoms with E-state index < -0.39 is 0 Å². The second kappa shape index (κ2) is 7.82. The fourth-order valence-corrected chi connectivity index (χ4v) is 3.03. The van der Waals surface area contributed by atoms with Gasteiger partial charge in [-0.05, 0) is 32.7 Å². The lowest BCUT2D eigenvalue weighted by molar-refractivity contribution is -0.154. The predicted octanol–water partition coefficient (Wildman–Crippen LogP) is 0.640. The summed E-state index contributed by atoms with van der Waals surface area (Å²) in [6.45, 7) is 7.70. The molecule has 2 aliphatic rings. The normalized spacial score (nSPS) is 27.5. The van der Waals surface area contributed by atoms with Crippen molar-refractivity contribution in [1.82, 2.24) is 10.2 Å². The summed E-state index contributed by atoms with van der Waals surface area (Å²) in [6.07, 6.45) is 3.20. The standard InChI is InChI=1S/C14H26N2O3/c1-2-19-14(17)13(12-5-3-10-18-11-12)16-8-4-6-15-7-9-16/h12-13,15H,2-11H2,1H3. The van der Waals surface area contributed by atoms with Gasteiger partial charge in [0.1, 0.15) is 6.04 Å². The van der Waals surface area contributed by atoms with Crippen molar-refractivity contribution in [2.45, 2.75) is 32.2 Å². The number of carbonyl (C=O) groups is 1. The average Bonchev–Trinajstić information content (AvgIpc) is 2.70. The van der Waals surface area contributed by atoms with Gasteiger partial charge in [-0.15, -0.1) is 0 Å². The molecule has 5 nitrogen and oxygen atoms in total. The maximum absolute atomic E-state index is 12.3. The lowest BCUT2D eigenvalue weighted by Crippen LogP contribution is -2.50. The highest BCUT2D eigenvalue weighted by Crippen LogP contribution is 2.23. The van der Waals surface area contributed by atoms with E-state index in [1.165, 1.54) is 0 Å². The molecule has 0 saturated carbocycles. The number of esters is 1. The van der Waals surface area contributed by atoms with Crippen LogP contribution in [0, 0.1) is 5.92 Å². The lowest BCUT2D eigenvalue weighted by atomic mass is 9.92. The van der Waals surface area contributed by atoms with E-state index in [4.69, 9.17) is 9.47 Å². The lowest BCUT2D eigenvalue weighted by Gasteiger charge is -2.36. The van der Waals surface area contributed by atoms with Crippen molar-refractivity contribution >= 4 is 5.97 Å². The monoisotopic (exact) mass is 270 g/mol. The van der Waals surface area contributed by atoms with E-state index in [1.807, 2.05) is 6.92 Å². The Morgan fingerprint density at radius 3 is 3.05 bits per heavy atom. The minimum absolute atomic E-state index is 0.0695. The summed E-state index contributed by atoms with van der Waals surface area (Å²) < 4.78 is 10.9. The Hall–Kier alpha value is -0.650. The number of nitrogens with zero attached hydrogens (tertiary/aromatic N) is 1. The van der Waals surface area contributed by atoms with Gasteiger partial charge in [-0.1, -0.05) is 0 Å². The van der Waals surface area contributed by atoms with Crippen LogP contribution < -0.4 is 5.32 Å². The Balaban J connectivity index is 2.04. The first-order valence-electron chi connectivity index (χ1n) is 7.52. The molecule has 2 unspecified atom stereocenters. The van der Waals surface area contributed by atoms with Gasteiger partial charge in [-0.25, -0.2) is 0 Å². The van der Waals surface area contributed by atoms with Crippen LogP contribution in [-0.2, 0) is 14.3 Å². The molecule has 2 fully saturated rings. The van der Waals surface area contributed by atoms with Gasteiger partial charge < -0.3 is 14.8 Å². The summed E-state index contributed by atoms with van der Waals surface area (Å²) in [6, 6.07) is -0.125. The van der Waals surface area contributed by atoms with Gasteiger partial charge in [-0.3, -0.25) is 9.69 Å². The van der Waals surface area contributed by atoms with Crippen molar-refractivity contribution in [2.24, 2.45) is 5.92 Å². The molecule has 5 heteroatoms. The molecule has 0 spiro atoms. The fourth-order valence-electron chi connectivity index (χ4n) is 3.03. The third-order valence-corrected chi connectivity index (χ3v) is 3.94. The zero-order chi connectivity index (χ0) is 13.5. The van der Waals surface area contributed by atoms with Crippen LogP contribution in [0.2, 0.25) is 0 Å². The highest BCUT2D eigenvalue weighted by atomic mass is 16.5. The maximum Gasteiger partial charge on any atom is 0.323 e. The van der Waals surface area contributed by atoms with E-state index >= 15 is 0 Å². The molecule has 0 aromatic carbocycles. The quantitative estimate of drug-likeness (QED) is 0.760. The number of ether oxygens (including phenoxy) is 2. The van der Waals surface area contributed by atoms with Crippen molar-refractivity contribution in [3.63, 3.8) is 0 Å². The summed E-state index contributed by atoms with van der Waals surface area (Å²) in [7, 11) is 0. The van der Waals surface area contributed by atoms with Crippen LogP contribution >= 0.6 is 0 Å². The smallest absolute Gasteiger partial charge is 0.323 e. The van der Waals surface area contributed by atoms with E-state index in [1.54, 1.807) is 0 Å². The summed E-state index contributed by atoms with van der Waals surface area (Å²) in [5, 5.41) is 3.38. The van der Waals surface area contributed by atoms with Gasteiger partial charge in [0.2, 0.25) is 0 Å². The SMILES string of the molecule is CCOC(=O)C(C1CCCOC1)N1CCCNCC1. The molecule has 2 saturated heterocycles. The second-order valence-corrected chi connectivity index (χ2v) is 5.31. The highest BCUT2D eigenvalue weighted by Gasteiger charge is 2.36. The Labute approximate surface area is 115 Å². The van der Waals surface area contributed by atoms with Crippen molar-refractivity contribution in [1.29, 1.82) is 0 Å². The summed E-state index contributed by atoms with van der Waals surface area (Å²) in [4.78, 5) is 14.6. The Bertz CT molecular complexity index is 272. The molecule has 0 amide bonds. The first-order valence-corrected chi connectivity index (χ1v) is 7.52. The molecule has 0 bridgehead atoms.